The van der Waals surface area contributed by atoms with Gasteiger partial charge in [-0.05, 0) is 19.1 Å². The van der Waals surface area contributed by atoms with Crippen LogP contribution in [0.2, 0.25) is 0 Å². The third kappa shape index (κ3) is 3.98. The van der Waals surface area contributed by atoms with Gasteiger partial charge in [-0.1, -0.05) is 12.1 Å². The number of hydrogen-bond acceptors (Lipinski definition) is 8. The first-order valence-corrected chi connectivity index (χ1v) is 10.6. The molecule has 28 heavy (non-hydrogen) atoms. The molecule has 1 aliphatic rings. The number of sulfonamides is 1. The highest BCUT2D eigenvalue weighted by Crippen LogP contribution is 2.31. The zero-order valence-corrected chi connectivity index (χ0v) is 17.4. The lowest BCUT2D eigenvalue weighted by molar-refractivity contribution is 0.124. The van der Waals surface area contributed by atoms with Crippen molar-refractivity contribution in [2.45, 2.75) is 31.2 Å². The van der Waals surface area contributed by atoms with E-state index in [1.807, 2.05) is 13.8 Å². The summed E-state index contributed by atoms with van der Waals surface area (Å²) < 4.78 is 43.2. The molecular formula is C18H26N4O5S. The number of methoxy groups -OCH3 is 2. The van der Waals surface area contributed by atoms with Gasteiger partial charge in [0.2, 0.25) is 15.9 Å². The summed E-state index contributed by atoms with van der Waals surface area (Å²) in [4.78, 5) is 6.71. The summed E-state index contributed by atoms with van der Waals surface area (Å²) in [6.45, 7) is 5.89. The first kappa shape index (κ1) is 20.6. The monoisotopic (exact) mass is 410 g/mol. The van der Waals surface area contributed by atoms with Crippen LogP contribution in [0.25, 0.3) is 0 Å². The first-order valence-electron chi connectivity index (χ1n) is 9.19. The van der Waals surface area contributed by atoms with Gasteiger partial charge >= 0.3 is 0 Å². The number of piperazine rings is 1. The Kier molecular flexibility index (Phi) is 6.21. The van der Waals surface area contributed by atoms with E-state index >= 15 is 0 Å². The molecule has 1 aliphatic heterocycles. The van der Waals surface area contributed by atoms with Gasteiger partial charge in [-0.3, -0.25) is 4.90 Å². The molecule has 0 aliphatic carbocycles. The van der Waals surface area contributed by atoms with Gasteiger partial charge in [-0.15, -0.1) is 0 Å². The van der Waals surface area contributed by atoms with Crippen LogP contribution >= 0.6 is 0 Å². The molecule has 0 spiro atoms. The third-order valence-corrected chi connectivity index (χ3v) is 6.87. The average molecular weight is 410 g/mol. The van der Waals surface area contributed by atoms with Crippen molar-refractivity contribution in [3.8, 4) is 11.5 Å². The van der Waals surface area contributed by atoms with Crippen molar-refractivity contribution in [2.24, 2.45) is 0 Å². The van der Waals surface area contributed by atoms with Gasteiger partial charge in [0.25, 0.3) is 0 Å². The number of ether oxygens (including phenoxy) is 2. The zero-order valence-electron chi connectivity index (χ0n) is 16.6. The van der Waals surface area contributed by atoms with Crippen molar-refractivity contribution in [3.63, 3.8) is 0 Å². The number of nitrogens with zero attached hydrogens (tertiary/aromatic N) is 4. The van der Waals surface area contributed by atoms with Crippen molar-refractivity contribution < 1.29 is 22.4 Å². The summed E-state index contributed by atoms with van der Waals surface area (Å²) in [6.07, 6.45) is 0.716. The Balaban J connectivity index is 1.69. The van der Waals surface area contributed by atoms with Gasteiger partial charge < -0.3 is 14.0 Å². The summed E-state index contributed by atoms with van der Waals surface area (Å²) >= 11 is 0. The second kappa shape index (κ2) is 8.46. The molecule has 1 fully saturated rings. The fourth-order valence-corrected chi connectivity index (χ4v) is 4.63. The predicted octanol–water partition coefficient (Wildman–Crippen LogP) is 1.72. The second-order valence-electron chi connectivity index (χ2n) is 6.54. The summed E-state index contributed by atoms with van der Waals surface area (Å²) in [5.41, 5.74) is 0. The number of benzene rings is 1. The molecule has 0 radical (unpaired) electrons. The average Bonchev–Trinajstić information content (AvgIpc) is 3.22. The van der Waals surface area contributed by atoms with Crippen LogP contribution in [0.4, 0.5) is 0 Å². The second-order valence-corrected chi connectivity index (χ2v) is 8.47. The van der Waals surface area contributed by atoms with Crippen LogP contribution in [0.15, 0.2) is 27.6 Å². The van der Waals surface area contributed by atoms with E-state index in [0.29, 0.717) is 55.8 Å². The molecule has 1 atom stereocenters. The minimum absolute atomic E-state index is 0.0567. The van der Waals surface area contributed by atoms with Crippen LogP contribution < -0.4 is 9.47 Å². The molecule has 0 N–H and O–H groups in total. The highest BCUT2D eigenvalue weighted by molar-refractivity contribution is 7.89. The van der Waals surface area contributed by atoms with Gasteiger partial charge in [0.05, 0.1) is 25.2 Å². The van der Waals surface area contributed by atoms with Crippen molar-refractivity contribution in [1.29, 1.82) is 0 Å². The van der Waals surface area contributed by atoms with Crippen LogP contribution in [-0.4, -0.2) is 68.2 Å². The van der Waals surface area contributed by atoms with Crippen molar-refractivity contribution in [2.75, 3.05) is 40.4 Å². The fourth-order valence-electron chi connectivity index (χ4n) is 3.19. The molecule has 0 unspecified atom stereocenters. The fraction of sp³-hybridized carbons (Fsp3) is 0.556. The highest BCUT2D eigenvalue weighted by atomic mass is 32.2. The van der Waals surface area contributed by atoms with E-state index in [1.165, 1.54) is 30.7 Å². The summed E-state index contributed by atoms with van der Waals surface area (Å²) in [5, 5.41) is 3.93. The molecule has 0 bridgehead atoms. The SMILES string of the molecule is CCc1noc([C@@H](C)N2CCN(S(=O)(=O)c3ccc(OC)c(OC)c3)CC2)n1. The molecule has 1 aromatic carbocycles. The van der Waals surface area contributed by atoms with Gasteiger partial charge in [0.15, 0.2) is 17.3 Å². The molecule has 2 aromatic rings. The maximum Gasteiger partial charge on any atom is 0.243 e. The Morgan fingerprint density at radius 2 is 1.82 bits per heavy atom. The van der Waals surface area contributed by atoms with Gasteiger partial charge in [0.1, 0.15) is 0 Å². The van der Waals surface area contributed by atoms with Crippen molar-refractivity contribution in [3.05, 3.63) is 29.9 Å². The normalized spacial score (nSPS) is 17.4. The standard InChI is InChI=1S/C18H26N4O5S/c1-5-17-19-18(27-20-17)13(2)21-8-10-22(11-9-21)28(23,24)14-6-7-15(25-3)16(12-14)26-4/h6-7,12-13H,5,8-11H2,1-4H3/t13-/m1/s1. The Hall–Kier alpha value is -2.17. The lowest BCUT2D eigenvalue weighted by atomic mass is 10.2. The van der Waals surface area contributed by atoms with Gasteiger partial charge in [-0.25, -0.2) is 8.42 Å². The van der Waals surface area contributed by atoms with E-state index in [2.05, 4.69) is 15.0 Å². The Morgan fingerprint density at radius 1 is 1.14 bits per heavy atom. The summed E-state index contributed by atoms with van der Waals surface area (Å²) in [5.74, 6) is 2.12. The minimum atomic E-state index is -3.61. The van der Waals surface area contributed by atoms with E-state index < -0.39 is 10.0 Å². The molecule has 1 aromatic heterocycles. The third-order valence-electron chi connectivity index (χ3n) is 4.97. The summed E-state index contributed by atoms with van der Waals surface area (Å²) in [7, 11) is -0.618. The van der Waals surface area contributed by atoms with E-state index in [1.54, 1.807) is 6.07 Å². The molecule has 3 rings (SSSR count). The molecule has 9 nitrogen and oxygen atoms in total. The number of aromatic nitrogens is 2. The van der Waals surface area contributed by atoms with Crippen LogP contribution in [0, 0.1) is 0 Å². The number of hydrogen-bond donors (Lipinski definition) is 0. The maximum absolute atomic E-state index is 13.0. The van der Waals surface area contributed by atoms with E-state index in [-0.39, 0.29) is 10.9 Å². The smallest absolute Gasteiger partial charge is 0.243 e. The number of rotatable bonds is 7. The molecule has 10 heteroatoms. The maximum atomic E-state index is 13.0. The topological polar surface area (TPSA) is 98.0 Å². The zero-order chi connectivity index (χ0) is 20.3. The largest absolute Gasteiger partial charge is 0.493 e. The molecule has 0 amide bonds. The van der Waals surface area contributed by atoms with Gasteiger partial charge in [0, 0.05) is 38.7 Å². The van der Waals surface area contributed by atoms with E-state index in [0.717, 1.165) is 0 Å². The van der Waals surface area contributed by atoms with Crippen LogP contribution in [0.5, 0.6) is 11.5 Å². The molecular weight excluding hydrogens is 384 g/mol. The molecule has 0 saturated carbocycles. The lowest BCUT2D eigenvalue weighted by Gasteiger charge is -2.36. The lowest BCUT2D eigenvalue weighted by Crippen LogP contribution is -2.49. The van der Waals surface area contributed by atoms with Crippen LogP contribution in [0.3, 0.4) is 0 Å². The van der Waals surface area contributed by atoms with Gasteiger partial charge in [-0.2, -0.15) is 9.29 Å². The van der Waals surface area contributed by atoms with Crippen LogP contribution in [0.1, 0.15) is 31.6 Å². The Morgan fingerprint density at radius 3 is 2.39 bits per heavy atom. The van der Waals surface area contributed by atoms with E-state index in [4.69, 9.17) is 14.0 Å². The summed E-state index contributed by atoms with van der Waals surface area (Å²) in [6, 6.07) is 4.58. The minimum Gasteiger partial charge on any atom is -0.493 e. The molecule has 154 valence electrons. The van der Waals surface area contributed by atoms with Crippen molar-refractivity contribution >= 4 is 10.0 Å². The van der Waals surface area contributed by atoms with E-state index in [9.17, 15) is 8.42 Å². The highest BCUT2D eigenvalue weighted by Gasteiger charge is 2.32. The van der Waals surface area contributed by atoms with Crippen LogP contribution in [-0.2, 0) is 16.4 Å². The molecule has 2 heterocycles. The number of aryl methyl sites for hydroxylation is 1. The predicted molar refractivity (Wildman–Crippen MR) is 102 cm³/mol. The van der Waals surface area contributed by atoms with Crippen molar-refractivity contribution in [1.82, 2.24) is 19.3 Å². The Labute approximate surface area is 165 Å². The quantitative estimate of drug-likeness (QED) is 0.680. The molecule has 1 saturated heterocycles. The Bertz CT molecular complexity index is 906. The first-order chi connectivity index (χ1) is 13.4.